The first-order valence-electron chi connectivity index (χ1n) is 6.45. The zero-order valence-corrected chi connectivity index (χ0v) is 11.8. The van der Waals surface area contributed by atoms with Gasteiger partial charge in [0, 0.05) is 23.2 Å². The molecule has 18 heavy (non-hydrogen) atoms. The van der Waals surface area contributed by atoms with Crippen LogP contribution in [0.5, 0.6) is 0 Å². The van der Waals surface area contributed by atoms with E-state index < -0.39 is 0 Å². The highest BCUT2D eigenvalue weighted by Gasteiger charge is 2.22. The number of nitrogens with zero attached hydrogens (tertiary/aromatic N) is 1. The summed E-state index contributed by atoms with van der Waals surface area (Å²) in [7, 11) is 0. The van der Waals surface area contributed by atoms with Gasteiger partial charge in [0.1, 0.15) is 0 Å². The van der Waals surface area contributed by atoms with Gasteiger partial charge in [0.2, 0.25) is 0 Å². The molecule has 1 amide bonds. The molecule has 0 aromatic carbocycles. The zero-order chi connectivity index (χ0) is 13.0. The van der Waals surface area contributed by atoms with Crippen molar-refractivity contribution in [3.05, 3.63) is 29.6 Å². The van der Waals surface area contributed by atoms with Crippen molar-refractivity contribution in [1.29, 1.82) is 0 Å². The smallest absolute Gasteiger partial charge is 0.253 e. The lowest BCUT2D eigenvalue weighted by Crippen LogP contribution is -2.39. The van der Waals surface area contributed by atoms with Crippen LogP contribution in [0.15, 0.2) is 18.3 Å². The molecule has 1 aromatic heterocycles. The van der Waals surface area contributed by atoms with Crippen LogP contribution < -0.4 is 5.32 Å². The van der Waals surface area contributed by atoms with Crippen LogP contribution in [0.1, 0.15) is 41.7 Å². The molecule has 0 aliphatic heterocycles. The van der Waals surface area contributed by atoms with Crippen LogP contribution in [0.3, 0.4) is 0 Å². The largest absolute Gasteiger partial charge is 0.349 e. The lowest BCUT2D eigenvalue weighted by molar-refractivity contribution is 0.0928. The number of pyridine rings is 1. The highest BCUT2D eigenvalue weighted by Crippen LogP contribution is 2.27. The van der Waals surface area contributed by atoms with E-state index in [0.29, 0.717) is 16.9 Å². The minimum atomic E-state index is 0.00857. The van der Waals surface area contributed by atoms with Gasteiger partial charge >= 0.3 is 0 Å². The summed E-state index contributed by atoms with van der Waals surface area (Å²) < 4.78 is 0. The van der Waals surface area contributed by atoms with Crippen molar-refractivity contribution >= 4 is 17.7 Å². The van der Waals surface area contributed by atoms with E-state index >= 15 is 0 Å². The Morgan fingerprint density at radius 3 is 2.94 bits per heavy atom. The zero-order valence-electron chi connectivity index (χ0n) is 11.0. The van der Waals surface area contributed by atoms with Crippen molar-refractivity contribution in [3.63, 3.8) is 0 Å². The summed E-state index contributed by atoms with van der Waals surface area (Å²) in [5, 5.41) is 3.82. The summed E-state index contributed by atoms with van der Waals surface area (Å²) in [6.45, 7) is 1.92. The summed E-state index contributed by atoms with van der Waals surface area (Å²) in [6.07, 6.45) is 8.48. The normalized spacial score (nSPS) is 23.7. The van der Waals surface area contributed by atoms with Crippen LogP contribution in [-0.2, 0) is 0 Å². The predicted molar refractivity (Wildman–Crippen MR) is 76.0 cm³/mol. The Labute approximate surface area is 113 Å². The van der Waals surface area contributed by atoms with Crippen molar-refractivity contribution in [3.8, 4) is 0 Å². The first-order chi connectivity index (χ1) is 8.69. The van der Waals surface area contributed by atoms with Gasteiger partial charge in [-0.15, -0.1) is 0 Å². The Balaban J connectivity index is 1.92. The van der Waals surface area contributed by atoms with Crippen LogP contribution in [0.4, 0.5) is 0 Å². The van der Waals surface area contributed by atoms with Crippen molar-refractivity contribution in [1.82, 2.24) is 10.3 Å². The van der Waals surface area contributed by atoms with Gasteiger partial charge < -0.3 is 5.32 Å². The number of rotatable bonds is 3. The number of nitrogens with one attached hydrogen (secondary N) is 1. The molecule has 98 valence electrons. The van der Waals surface area contributed by atoms with Crippen LogP contribution in [-0.4, -0.2) is 28.4 Å². The summed E-state index contributed by atoms with van der Waals surface area (Å²) in [5.41, 5.74) is 1.60. The lowest BCUT2D eigenvalue weighted by atomic mass is 9.95. The maximum atomic E-state index is 12.1. The van der Waals surface area contributed by atoms with Gasteiger partial charge in [0.25, 0.3) is 5.91 Å². The van der Waals surface area contributed by atoms with Crippen molar-refractivity contribution < 1.29 is 4.79 Å². The van der Waals surface area contributed by atoms with Crippen LogP contribution in [0, 0.1) is 6.92 Å². The van der Waals surface area contributed by atoms with E-state index in [4.69, 9.17) is 0 Å². The van der Waals surface area contributed by atoms with Gasteiger partial charge in [-0.3, -0.25) is 9.78 Å². The van der Waals surface area contributed by atoms with Crippen LogP contribution in [0.25, 0.3) is 0 Å². The predicted octanol–water partition coefficient (Wildman–Crippen LogP) is 2.79. The minimum absolute atomic E-state index is 0.00857. The maximum Gasteiger partial charge on any atom is 0.253 e. The van der Waals surface area contributed by atoms with Gasteiger partial charge in [0.15, 0.2) is 0 Å². The summed E-state index contributed by atoms with van der Waals surface area (Å²) in [6, 6.07) is 4.04. The number of hydrogen-bond acceptors (Lipinski definition) is 3. The monoisotopic (exact) mass is 264 g/mol. The summed E-state index contributed by atoms with van der Waals surface area (Å²) in [5.74, 6) is 0.00857. The van der Waals surface area contributed by atoms with Gasteiger partial charge in [-0.2, -0.15) is 11.8 Å². The molecule has 1 heterocycles. The van der Waals surface area contributed by atoms with E-state index in [-0.39, 0.29) is 5.91 Å². The fourth-order valence-electron chi connectivity index (χ4n) is 2.36. The number of amides is 1. The molecule has 2 atom stereocenters. The van der Waals surface area contributed by atoms with Crippen molar-refractivity contribution in [2.75, 3.05) is 6.26 Å². The molecule has 3 nitrogen and oxygen atoms in total. The van der Waals surface area contributed by atoms with Crippen molar-refractivity contribution in [2.45, 2.75) is 43.9 Å². The van der Waals surface area contributed by atoms with E-state index in [9.17, 15) is 4.79 Å². The fourth-order valence-corrected chi connectivity index (χ4v) is 3.19. The fraction of sp³-hybridized carbons (Fsp3) is 0.571. The second-order valence-corrected chi connectivity index (χ2v) is 6.02. The molecule has 2 unspecified atom stereocenters. The van der Waals surface area contributed by atoms with Crippen LogP contribution >= 0.6 is 11.8 Å². The van der Waals surface area contributed by atoms with E-state index in [1.807, 2.05) is 30.8 Å². The molecular weight excluding hydrogens is 244 g/mol. The second-order valence-electron chi connectivity index (χ2n) is 4.88. The summed E-state index contributed by atoms with van der Waals surface area (Å²) >= 11 is 1.91. The van der Waals surface area contributed by atoms with Gasteiger partial charge in [0.05, 0.1) is 5.56 Å². The SMILES string of the molecule is CSC1CCCC(NC(=O)c2ccc(C)nc2)C1. The van der Waals surface area contributed by atoms with Gasteiger partial charge in [-0.05, 0) is 44.6 Å². The molecule has 1 saturated carbocycles. The number of carbonyl (C=O) groups excluding carboxylic acids is 1. The minimum Gasteiger partial charge on any atom is -0.349 e. The standard InChI is InChI=1S/C14H20N2OS/c1-10-6-7-11(9-15-10)14(17)16-12-4-3-5-13(8-12)18-2/h6-7,9,12-13H,3-5,8H2,1-2H3,(H,16,17). The molecule has 0 radical (unpaired) electrons. The highest BCUT2D eigenvalue weighted by atomic mass is 32.2. The Morgan fingerprint density at radius 2 is 2.28 bits per heavy atom. The number of aromatic nitrogens is 1. The number of hydrogen-bond donors (Lipinski definition) is 1. The molecule has 0 spiro atoms. The number of aryl methyl sites for hydroxylation is 1. The first-order valence-corrected chi connectivity index (χ1v) is 7.74. The van der Waals surface area contributed by atoms with Crippen LogP contribution in [0.2, 0.25) is 0 Å². The van der Waals surface area contributed by atoms with E-state index in [1.54, 1.807) is 6.20 Å². The maximum absolute atomic E-state index is 12.1. The molecule has 1 aliphatic rings. The third kappa shape index (κ3) is 3.48. The molecule has 0 bridgehead atoms. The molecule has 1 aromatic rings. The molecule has 1 aliphatic carbocycles. The Kier molecular flexibility index (Phi) is 4.64. The van der Waals surface area contributed by atoms with Gasteiger partial charge in [-0.1, -0.05) is 6.42 Å². The van der Waals surface area contributed by atoms with E-state index in [2.05, 4.69) is 16.6 Å². The van der Waals surface area contributed by atoms with E-state index in [0.717, 1.165) is 18.5 Å². The molecule has 0 saturated heterocycles. The summed E-state index contributed by atoms with van der Waals surface area (Å²) in [4.78, 5) is 16.2. The number of carbonyl (C=O) groups is 1. The molecule has 2 rings (SSSR count). The average molecular weight is 264 g/mol. The third-order valence-electron chi connectivity index (χ3n) is 3.47. The van der Waals surface area contributed by atoms with E-state index in [1.165, 1.54) is 12.8 Å². The molecule has 4 heteroatoms. The Morgan fingerprint density at radius 1 is 1.44 bits per heavy atom. The third-order valence-corrected chi connectivity index (χ3v) is 4.56. The molecular formula is C14H20N2OS. The Bertz CT molecular complexity index is 405. The second kappa shape index (κ2) is 6.23. The average Bonchev–Trinajstić information content (AvgIpc) is 2.39. The highest BCUT2D eigenvalue weighted by molar-refractivity contribution is 7.99. The lowest BCUT2D eigenvalue weighted by Gasteiger charge is -2.28. The number of thioether (sulfide) groups is 1. The first kappa shape index (κ1) is 13.4. The quantitative estimate of drug-likeness (QED) is 0.913. The van der Waals surface area contributed by atoms with Gasteiger partial charge in [-0.25, -0.2) is 0 Å². The Hall–Kier alpha value is -1.03. The topological polar surface area (TPSA) is 42.0 Å². The molecule has 1 fully saturated rings. The van der Waals surface area contributed by atoms with Crippen molar-refractivity contribution in [2.24, 2.45) is 0 Å². The molecule has 1 N–H and O–H groups in total.